The Morgan fingerprint density at radius 1 is 0.974 bits per heavy atom. The number of rotatable bonds is 7. The van der Waals surface area contributed by atoms with Crippen LogP contribution in [0.1, 0.15) is 106 Å². The van der Waals surface area contributed by atoms with Crippen LogP contribution in [0.2, 0.25) is 0 Å². The maximum atomic E-state index is 13.3. The number of hydrogen-bond donors (Lipinski definition) is 2. The first-order chi connectivity index (χ1) is 18.0. The Balaban J connectivity index is 1.44. The Hall–Kier alpha value is -0.960. The number of allylic oxidation sites excluding steroid dienone is 1. The summed E-state index contributed by atoms with van der Waals surface area (Å²) >= 11 is 0. The first-order valence-electron chi connectivity index (χ1n) is 15.1. The molecular formula is C31H50O7S. The van der Waals surface area contributed by atoms with E-state index in [-0.39, 0.29) is 27.6 Å². The van der Waals surface area contributed by atoms with Gasteiger partial charge in [0.15, 0.2) is 0 Å². The van der Waals surface area contributed by atoms with Gasteiger partial charge in [-0.3, -0.25) is 9.35 Å². The minimum Gasteiger partial charge on any atom is -0.469 e. The molecule has 0 heterocycles. The fourth-order valence-corrected chi connectivity index (χ4v) is 12.4. The molecule has 5 aliphatic rings. The highest BCUT2D eigenvalue weighted by atomic mass is 32.3. The van der Waals surface area contributed by atoms with Gasteiger partial charge >= 0.3 is 16.4 Å². The molecule has 8 heteroatoms. The minimum absolute atomic E-state index is 0.00831. The van der Waals surface area contributed by atoms with Gasteiger partial charge in [0.25, 0.3) is 0 Å². The zero-order chi connectivity index (χ0) is 28.8. The van der Waals surface area contributed by atoms with Crippen molar-refractivity contribution in [2.24, 2.45) is 50.7 Å². The van der Waals surface area contributed by atoms with Crippen molar-refractivity contribution in [2.45, 2.75) is 118 Å². The lowest BCUT2D eigenvalue weighted by molar-refractivity contribution is -0.189. The summed E-state index contributed by atoms with van der Waals surface area (Å²) in [7, 11) is -3.34. The number of carbonyl (C=O) groups is 1. The number of fused-ring (bicyclic) bond motifs is 2. The van der Waals surface area contributed by atoms with Gasteiger partial charge in [-0.15, -0.1) is 0 Å². The average molecular weight is 567 g/mol. The molecule has 2 spiro atoms. The molecule has 5 rings (SSSR count). The van der Waals surface area contributed by atoms with Crippen LogP contribution in [0.4, 0.5) is 0 Å². The van der Waals surface area contributed by atoms with Crippen LogP contribution < -0.4 is 0 Å². The lowest BCUT2D eigenvalue weighted by Gasteiger charge is -2.63. The van der Waals surface area contributed by atoms with Crippen LogP contribution in [0, 0.1) is 50.7 Å². The molecule has 39 heavy (non-hydrogen) atoms. The Labute approximate surface area is 235 Å². The van der Waals surface area contributed by atoms with E-state index in [1.54, 1.807) is 0 Å². The molecule has 2 N–H and O–H groups in total. The number of methoxy groups -OCH3 is 1. The smallest absolute Gasteiger partial charge is 0.397 e. The Morgan fingerprint density at radius 2 is 1.62 bits per heavy atom. The third-order valence-electron chi connectivity index (χ3n) is 13.5. The highest BCUT2D eigenvalue weighted by Crippen LogP contribution is 2.89. The second-order valence-corrected chi connectivity index (χ2v) is 16.0. The zero-order valence-electron chi connectivity index (χ0n) is 25.0. The number of ether oxygens (including phenoxy) is 1. The van der Waals surface area contributed by atoms with Crippen LogP contribution in [0.15, 0.2) is 11.6 Å². The van der Waals surface area contributed by atoms with Crippen molar-refractivity contribution in [3.63, 3.8) is 0 Å². The summed E-state index contributed by atoms with van der Waals surface area (Å²) in [6.45, 7) is 13.3. The fraction of sp³-hybridized carbons (Fsp3) is 0.903. The molecule has 0 saturated heterocycles. The van der Waals surface area contributed by atoms with Gasteiger partial charge < -0.3 is 9.84 Å². The van der Waals surface area contributed by atoms with Crippen LogP contribution >= 0.6 is 0 Å². The van der Waals surface area contributed by atoms with E-state index < -0.39 is 34.0 Å². The summed E-state index contributed by atoms with van der Waals surface area (Å²) < 4.78 is 43.4. The monoisotopic (exact) mass is 566 g/mol. The summed E-state index contributed by atoms with van der Waals surface area (Å²) in [5.41, 5.74) is 0.605. The lowest BCUT2D eigenvalue weighted by atomic mass is 9.41. The predicted molar refractivity (Wildman–Crippen MR) is 149 cm³/mol. The summed E-state index contributed by atoms with van der Waals surface area (Å²) in [6, 6.07) is 0. The number of carbonyl (C=O) groups excluding carboxylic acids is 1. The van der Waals surface area contributed by atoms with Crippen LogP contribution in [0.25, 0.3) is 0 Å². The molecule has 0 amide bonds. The number of aliphatic hydroxyl groups excluding tert-OH is 1. The van der Waals surface area contributed by atoms with E-state index in [9.17, 15) is 22.9 Å². The summed E-state index contributed by atoms with van der Waals surface area (Å²) in [5, 5.41) is 10.7. The van der Waals surface area contributed by atoms with Crippen LogP contribution in [0.5, 0.6) is 0 Å². The number of hydrogen-bond acceptors (Lipinski definition) is 6. The third kappa shape index (κ3) is 4.04. The second kappa shape index (κ2) is 9.27. The first-order valence-corrected chi connectivity index (χ1v) is 16.4. The van der Waals surface area contributed by atoms with Crippen LogP contribution in [-0.2, 0) is 24.1 Å². The van der Waals surface area contributed by atoms with E-state index in [1.807, 2.05) is 26.8 Å². The van der Waals surface area contributed by atoms with Gasteiger partial charge in [-0.05, 0) is 130 Å². The standard InChI is InChI=1S/C31H50O7S/c1-19(2)16-21(32)17-20(3)22-10-12-28(5)23-8-9-24-29(6,26(33)37-7)25(38-39(34,35)36)11-13-30(24)18-31(23,30)15-14-27(22,28)4/h16,20-25,32H,8-15,17-18H2,1-7H3,(H,34,35,36)/t20-,21+,22-,23+,24+,25+,27-,28+,29+,30-,31+/m1/s1. The minimum atomic E-state index is -4.69. The molecule has 0 aliphatic heterocycles. The number of aliphatic hydroxyl groups is 1. The second-order valence-electron chi connectivity index (χ2n) is 15.0. The third-order valence-corrected chi connectivity index (χ3v) is 13.9. The fourth-order valence-electron chi connectivity index (χ4n) is 11.8. The molecule has 11 atom stereocenters. The Morgan fingerprint density at radius 3 is 2.23 bits per heavy atom. The molecule has 222 valence electrons. The Bertz CT molecular complexity index is 1150. The van der Waals surface area contributed by atoms with Gasteiger partial charge in [-0.1, -0.05) is 32.4 Å². The van der Waals surface area contributed by atoms with Crippen LogP contribution in [0.3, 0.4) is 0 Å². The van der Waals surface area contributed by atoms with Gasteiger partial charge in [0.05, 0.1) is 24.7 Å². The lowest BCUT2D eigenvalue weighted by Crippen LogP contribution is -2.60. The molecule has 0 aromatic heterocycles. The molecule has 0 bridgehead atoms. The van der Waals surface area contributed by atoms with E-state index in [4.69, 9.17) is 8.92 Å². The van der Waals surface area contributed by atoms with Gasteiger partial charge in [-0.25, -0.2) is 4.18 Å². The van der Waals surface area contributed by atoms with E-state index >= 15 is 0 Å². The first kappa shape index (κ1) is 29.5. The van der Waals surface area contributed by atoms with Crippen LogP contribution in [-0.4, -0.2) is 43.4 Å². The maximum Gasteiger partial charge on any atom is 0.397 e. The SMILES string of the molecule is COC(=O)[C@]1(C)[C@@H](OS(=O)(=O)O)CC[C@]23C[C@]24CC[C@]2(C)[C@@H]([C@H](C)C[C@@H](O)C=C(C)C)CC[C@@]2(C)[C@@H]4CC[C@@H]13. The number of esters is 1. The normalized spacial score (nSPS) is 48.0. The molecule has 5 aliphatic carbocycles. The maximum absolute atomic E-state index is 13.3. The van der Waals surface area contributed by atoms with Crippen molar-refractivity contribution in [1.29, 1.82) is 0 Å². The summed E-state index contributed by atoms with van der Waals surface area (Å²) in [5.74, 6) is 1.12. The molecule has 5 saturated carbocycles. The van der Waals surface area contributed by atoms with Gasteiger partial charge in [-0.2, -0.15) is 8.42 Å². The van der Waals surface area contributed by atoms with Crippen molar-refractivity contribution >= 4 is 16.4 Å². The largest absolute Gasteiger partial charge is 0.469 e. The van der Waals surface area contributed by atoms with Crippen molar-refractivity contribution in [2.75, 3.05) is 7.11 Å². The van der Waals surface area contributed by atoms with E-state index in [1.165, 1.54) is 20.0 Å². The van der Waals surface area contributed by atoms with Gasteiger partial charge in [0.2, 0.25) is 0 Å². The molecule has 0 aromatic carbocycles. The molecule has 5 fully saturated rings. The quantitative estimate of drug-likeness (QED) is 0.217. The van der Waals surface area contributed by atoms with Crippen molar-refractivity contribution < 1.29 is 31.8 Å². The van der Waals surface area contributed by atoms with E-state index in [0.29, 0.717) is 24.2 Å². The van der Waals surface area contributed by atoms with Crippen molar-refractivity contribution in [3.8, 4) is 0 Å². The van der Waals surface area contributed by atoms with Crippen molar-refractivity contribution in [3.05, 3.63) is 11.6 Å². The average Bonchev–Trinajstić information content (AvgIpc) is 3.41. The molecule has 0 aromatic rings. The molecule has 0 radical (unpaired) electrons. The van der Waals surface area contributed by atoms with Crippen molar-refractivity contribution in [1.82, 2.24) is 0 Å². The molecular weight excluding hydrogens is 516 g/mol. The Kier molecular flexibility index (Phi) is 7.02. The zero-order valence-corrected chi connectivity index (χ0v) is 25.8. The molecule has 0 unspecified atom stereocenters. The van der Waals surface area contributed by atoms with E-state index in [0.717, 1.165) is 50.5 Å². The molecule has 7 nitrogen and oxygen atoms in total. The highest BCUT2D eigenvalue weighted by Gasteiger charge is 2.83. The topological polar surface area (TPSA) is 110 Å². The van der Waals surface area contributed by atoms with E-state index in [2.05, 4.69) is 20.8 Å². The van der Waals surface area contributed by atoms with Gasteiger partial charge in [0.1, 0.15) is 0 Å². The van der Waals surface area contributed by atoms with Gasteiger partial charge in [0, 0.05) is 0 Å². The predicted octanol–water partition coefficient (Wildman–Crippen LogP) is 6.12. The summed E-state index contributed by atoms with van der Waals surface area (Å²) in [4.78, 5) is 13.3. The summed E-state index contributed by atoms with van der Waals surface area (Å²) in [6.07, 6.45) is 10.4. The highest BCUT2D eigenvalue weighted by molar-refractivity contribution is 7.80.